The van der Waals surface area contributed by atoms with Gasteiger partial charge in [0.1, 0.15) is 6.61 Å². The average Bonchev–Trinajstić information content (AvgIpc) is 2.63. The van der Waals surface area contributed by atoms with Gasteiger partial charge in [-0.25, -0.2) is 0 Å². The standard InChI is InChI=1S/C20H35N3O7/c1-7-15(18(27)23-13(2)3)10-20(5,6)19(28)29-9-8-17(26)30-11-16(25)22-12-21-14(4)24/h13,15H,7-12H2,1-6H3,(H,21,24)(H,22,25)(H,23,27). The molecular formula is C20H35N3O7. The lowest BCUT2D eigenvalue weighted by Gasteiger charge is -2.27. The Morgan fingerprint density at radius 2 is 1.63 bits per heavy atom. The van der Waals surface area contributed by atoms with Gasteiger partial charge in [-0.05, 0) is 40.5 Å². The van der Waals surface area contributed by atoms with Crippen molar-refractivity contribution < 1.29 is 33.4 Å². The Balaban J connectivity index is 4.31. The molecule has 0 rings (SSSR count). The van der Waals surface area contributed by atoms with Crippen LogP contribution in [0.15, 0.2) is 0 Å². The predicted molar refractivity (Wildman–Crippen MR) is 109 cm³/mol. The molecule has 0 aromatic rings. The fraction of sp³-hybridized carbons (Fsp3) is 0.750. The second-order valence-corrected chi connectivity index (χ2v) is 7.91. The lowest BCUT2D eigenvalue weighted by atomic mass is 9.81. The van der Waals surface area contributed by atoms with E-state index < -0.39 is 29.9 Å². The maximum Gasteiger partial charge on any atom is 0.311 e. The molecule has 1 atom stereocenters. The summed E-state index contributed by atoms with van der Waals surface area (Å²) in [5.41, 5.74) is -0.900. The summed E-state index contributed by atoms with van der Waals surface area (Å²) >= 11 is 0. The summed E-state index contributed by atoms with van der Waals surface area (Å²) in [5, 5.41) is 7.56. The molecule has 0 aromatic carbocycles. The van der Waals surface area contributed by atoms with Crippen LogP contribution in [0.25, 0.3) is 0 Å². The van der Waals surface area contributed by atoms with Crippen molar-refractivity contribution in [3.05, 3.63) is 0 Å². The third kappa shape index (κ3) is 12.0. The second-order valence-electron chi connectivity index (χ2n) is 7.91. The molecule has 3 N–H and O–H groups in total. The van der Waals surface area contributed by atoms with Gasteiger partial charge in [0.2, 0.25) is 11.8 Å². The summed E-state index contributed by atoms with van der Waals surface area (Å²) in [5.74, 6) is -2.51. The fourth-order valence-electron chi connectivity index (χ4n) is 2.48. The molecule has 0 saturated heterocycles. The number of hydrogen-bond acceptors (Lipinski definition) is 7. The molecule has 30 heavy (non-hydrogen) atoms. The van der Waals surface area contributed by atoms with Gasteiger partial charge < -0.3 is 25.4 Å². The Hall–Kier alpha value is -2.65. The molecule has 1 unspecified atom stereocenters. The maximum atomic E-state index is 12.4. The zero-order chi connectivity index (χ0) is 23.3. The third-order valence-corrected chi connectivity index (χ3v) is 4.13. The summed E-state index contributed by atoms with van der Waals surface area (Å²) < 4.78 is 9.93. The van der Waals surface area contributed by atoms with Crippen molar-refractivity contribution in [2.75, 3.05) is 19.9 Å². The first-order valence-electron chi connectivity index (χ1n) is 10.0. The van der Waals surface area contributed by atoms with Crippen LogP contribution in [0, 0.1) is 11.3 Å². The number of carbonyl (C=O) groups is 5. The molecule has 172 valence electrons. The van der Waals surface area contributed by atoms with Crippen LogP contribution in [0.3, 0.4) is 0 Å². The van der Waals surface area contributed by atoms with Gasteiger partial charge in [-0.1, -0.05) is 6.92 Å². The largest absolute Gasteiger partial charge is 0.465 e. The number of carbonyl (C=O) groups excluding carboxylic acids is 5. The van der Waals surface area contributed by atoms with Crippen LogP contribution in [0.5, 0.6) is 0 Å². The topological polar surface area (TPSA) is 140 Å². The van der Waals surface area contributed by atoms with Crippen LogP contribution in [-0.4, -0.2) is 55.6 Å². The second kappa shape index (κ2) is 13.6. The van der Waals surface area contributed by atoms with E-state index in [4.69, 9.17) is 9.47 Å². The van der Waals surface area contributed by atoms with E-state index in [1.54, 1.807) is 13.8 Å². The molecule has 0 fully saturated rings. The molecule has 0 radical (unpaired) electrons. The van der Waals surface area contributed by atoms with Crippen molar-refractivity contribution in [2.45, 2.75) is 66.8 Å². The van der Waals surface area contributed by atoms with Gasteiger partial charge in [0.15, 0.2) is 6.61 Å². The molecule has 10 nitrogen and oxygen atoms in total. The fourth-order valence-corrected chi connectivity index (χ4v) is 2.48. The highest BCUT2D eigenvalue weighted by atomic mass is 16.6. The Labute approximate surface area is 177 Å². The Morgan fingerprint density at radius 1 is 1.00 bits per heavy atom. The summed E-state index contributed by atoms with van der Waals surface area (Å²) in [6, 6.07) is 0.0140. The van der Waals surface area contributed by atoms with Gasteiger partial charge >= 0.3 is 11.9 Å². The SMILES string of the molecule is CCC(CC(C)(C)C(=O)OCCC(=O)OCC(=O)NCNC(C)=O)C(=O)NC(C)C. The maximum absolute atomic E-state index is 12.4. The van der Waals surface area contributed by atoms with E-state index in [1.807, 2.05) is 20.8 Å². The number of ether oxygens (including phenoxy) is 2. The van der Waals surface area contributed by atoms with E-state index in [-0.39, 0.29) is 43.5 Å². The first kappa shape index (κ1) is 27.4. The van der Waals surface area contributed by atoms with Crippen LogP contribution >= 0.6 is 0 Å². The molecule has 0 aliphatic rings. The third-order valence-electron chi connectivity index (χ3n) is 4.13. The van der Waals surface area contributed by atoms with Gasteiger partial charge in [0.05, 0.1) is 18.5 Å². The number of amides is 3. The van der Waals surface area contributed by atoms with E-state index in [0.717, 1.165) is 0 Å². The van der Waals surface area contributed by atoms with Crippen LogP contribution < -0.4 is 16.0 Å². The van der Waals surface area contributed by atoms with E-state index in [1.165, 1.54) is 6.92 Å². The minimum atomic E-state index is -0.900. The van der Waals surface area contributed by atoms with E-state index in [2.05, 4.69) is 16.0 Å². The Morgan fingerprint density at radius 3 is 2.17 bits per heavy atom. The molecule has 3 amide bonds. The van der Waals surface area contributed by atoms with Crippen LogP contribution in [-0.2, 0) is 33.4 Å². The normalized spacial score (nSPS) is 12.0. The van der Waals surface area contributed by atoms with Crippen LogP contribution in [0.2, 0.25) is 0 Å². The lowest BCUT2D eigenvalue weighted by Crippen LogP contribution is -2.39. The van der Waals surface area contributed by atoms with Gasteiger partial charge in [-0.3, -0.25) is 24.0 Å². The summed E-state index contributed by atoms with van der Waals surface area (Å²) in [4.78, 5) is 58.4. The van der Waals surface area contributed by atoms with Gasteiger partial charge in [-0.2, -0.15) is 0 Å². The van der Waals surface area contributed by atoms with Crippen molar-refractivity contribution in [2.24, 2.45) is 11.3 Å². The molecule has 0 aromatic heterocycles. The van der Waals surface area contributed by atoms with Crippen LogP contribution in [0.4, 0.5) is 0 Å². The van der Waals surface area contributed by atoms with Gasteiger partial charge in [0.25, 0.3) is 5.91 Å². The smallest absolute Gasteiger partial charge is 0.311 e. The molecule has 0 bridgehead atoms. The molecular weight excluding hydrogens is 394 g/mol. The zero-order valence-corrected chi connectivity index (χ0v) is 18.8. The van der Waals surface area contributed by atoms with Crippen molar-refractivity contribution in [1.29, 1.82) is 0 Å². The highest BCUT2D eigenvalue weighted by molar-refractivity contribution is 5.82. The number of hydrogen-bond donors (Lipinski definition) is 3. The Kier molecular flexibility index (Phi) is 12.4. The van der Waals surface area contributed by atoms with Crippen molar-refractivity contribution in [1.82, 2.24) is 16.0 Å². The molecule has 0 saturated carbocycles. The first-order chi connectivity index (χ1) is 13.9. The molecule has 0 heterocycles. The highest BCUT2D eigenvalue weighted by Crippen LogP contribution is 2.29. The van der Waals surface area contributed by atoms with E-state index in [0.29, 0.717) is 12.8 Å². The molecule has 10 heteroatoms. The van der Waals surface area contributed by atoms with Crippen molar-refractivity contribution >= 4 is 29.7 Å². The van der Waals surface area contributed by atoms with Gasteiger partial charge in [0, 0.05) is 18.9 Å². The van der Waals surface area contributed by atoms with Crippen LogP contribution in [0.1, 0.15) is 60.8 Å². The summed E-state index contributed by atoms with van der Waals surface area (Å²) in [6.07, 6.45) is 0.706. The van der Waals surface area contributed by atoms with Gasteiger partial charge in [-0.15, -0.1) is 0 Å². The minimum absolute atomic E-state index is 0.0140. The first-order valence-corrected chi connectivity index (χ1v) is 10.0. The molecule has 0 aliphatic heterocycles. The summed E-state index contributed by atoms with van der Waals surface area (Å²) in [7, 11) is 0. The highest BCUT2D eigenvalue weighted by Gasteiger charge is 2.34. The molecule has 0 aliphatic carbocycles. The zero-order valence-electron chi connectivity index (χ0n) is 18.8. The predicted octanol–water partition coefficient (Wildman–Crippen LogP) is 0.640. The van der Waals surface area contributed by atoms with E-state index >= 15 is 0 Å². The van der Waals surface area contributed by atoms with E-state index in [9.17, 15) is 24.0 Å². The minimum Gasteiger partial charge on any atom is -0.465 e. The monoisotopic (exact) mass is 429 g/mol. The number of esters is 2. The van der Waals surface area contributed by atoms with Crippen molar-refractivity contribution in [3.63, 3.8) is 0 Å². The summed E-state index contributed by atoms with van der Waals surface area (Å²) in [6.45, 7) is 9.56. The average molecular weight is 430 g/mol. The number of nitrogens with one attached hydrogen (secondary N) is 3. The van der Waals surface area contributed by atoms with Crippen molar-refractivity contribution in [3.8, 4) is 0 Å². The number of rotatable bonds is 13. The molecule has 0 spiro atoms. The Bertz CT molecular complexity index is 618. The lowest BCUT2D eigenvalue weighted by molar-refractivity contribution is -0.158. The quantitative estimate of drug-likeness (QED) is 0.288.